The molecule has 5 heteroatoms. The zero-order valence-corrected chi connectivity index (χ0v) is 17.6. The monoisotopic (exact) mass is 404 g/mol. The van der Waals surface area contributed by atoms with E-state index < -0.39 is 5.97 Å². The summed E-state index contributed by atoms with van der Waals surface area (Å²) in [5, 5.41) is 29.8. The molecule has 29 heavy (non-hydrogen) atoms. The maximum absolute atomic E-state index is 10.9. The zero-order chi connectivity index (χ0) is 20.8. The van der Waals surface area contributed by atoms with Gasteiger partial charge in [-0.2, -0.15) is 0 Å². The Labute approximate surface area is 174 Å². The minimum Gasteiger partial charge on any atom is -0.482 e. The van der Waals surface area contributed by atoms with Crippen LogP contribution in [0.4, 0.5) is 0 Å². The molecule has 1 aromatic carbocycles. The molecule has 0 spiro atoms. The van der Waals surface area contributed by atoms with Gasteiger partial charge in [-0.05, 0) is 73.5 Å². The summed E-state index contributed by atoms with van der Waals surface area (Å²) in [6.45, 7) is 1.85. The van der Waals surface area contributed by atoms with Crippen LogP contribution < -0.4 is 4.74 Å². The maximum Gasteiger partial charge on any atom is 0.341 e. The Bertz CT molecular complexity index is 673. The lowest BCUT2D eigenvalue weighted by molar-refractivity contribution is -0.139. The maximum atomic E-state index is 10.9. The highest BCUT2D eigenvalue weighted by molar-refractivity contribution is 5.68. The molecule has 0 aliphatic heterocycles. The Morgan fingerprint density at radius 2 is 2.00 bits per heavy atom. The molecule has 2 aliphatic rings. The SMILES string of the molecule is CCCCC[C@H](O)CCC[C@@H]1[C@H]2Cc3cccc(OCC(=O)O)c3C[C@H]2C[C@H]1O. The molecule has 5 nitrogen and oxygen atoms in total. The summed E-state index contributed by atoms with van der Waals surface area (Å²) in [5.74, 6) is 0.886. The summed E-state index contributed by atoms with van der Waals surface area (Å²) in [5.41, 5.74) is 2.35. The number of aliphatic hydroxyl groups excluding tert-OH is 2. The van der Waals surface area contributed by atoms with Gasteiger partial charge in [0.15, 0.2) is 6.61 Å². The van der Waals surface area contributed by atoms with Gasteiger partial charge in [-0.1, -0.05) is 44.7 Å². The van der Waals surface area contributed by atoms with Gasteiger partial charge in [-0.3, -0.25) is 0 Å². The quantitative estimate of drug-likeness (QED) is 0.486. The second-order valence-corrected chi connectivity index (χ2v) is 8.96. The second kappa shape index (κ2) is 10.4. The smallest absolute Gasteiger partial charge is 0.341 e. The topological polar surface area (TPSA) is 87.0 Å². The fraction of sp³-hybridized carbons (Fsp3) is 0.708. The number of hydrogen-bond donors (Lipinski definition) is 3. The van der Waals surface area contributed by atoms with Crippen LogP contribution in [0.1, 0.15) is 69.4 Å². The first-order valence-corrected chi connectivity index (χ1v) is 11.3. The van der Waals surface area contributed by atoms with Gasteiger partial charge < -0.3 is 20.1 Å². The molecule has 162 valence electrons. The van der Waals surface area contributed by atoms with E-state index in [-0.39, 0.29) is 18.8 Å². The van der Waals surface area contributed by atoms with Crippen molar-refractivity contribution in [1.82, 2.24) is 0 Å². The van der Waals surface area contributed by atoms with Crippen LogP contribution in [0.25, 0.3) is 0 Å². The van der Waals surface area contributed by atoms with E-state index in [1.165, 1.54) is 18.4 Å². The average molecular weight is 405 g/mol. The fourth-order valence-electron chi connectivity index (χ4n) is 5.44. The molecular formula is C24H36O5. The van der Waals surface area contributed by atoms with Crippen molar-refractivity contribution in [2.45, 2.75) is 83.3 Å². The summed E-state index contributed by atoms with van der Waals surface area (Å²) in [4.78, 5) is 10.9. The second-order valence-electron chi connectivity index (χ2n) is 8.96. The Hall–Kier alpha value is -1.59. The molecule has 0 heterocycles. The number of carbonyl (C=O) groups is 1. The van der Waals surface area contributed by atoms with Crippen molar-refractivity contribution in [2.75, 3.05) is 6.61 Å². The number of carboxylic acid groups (broad SMARTS) is 1. The molecule has 0 bridgehead atoms. The van der Waals surface area contributed by atoms with Crippen molar-refractivity contribution in [2.24, 2.45) is 17.8 Å². The van der Waals surface area contributed by atoms with Crippen molar-refractivity contribution in [3.8, 4) is 5.75 Å². The standard InChI is InChI=1S/C24H36O5/c1-2-3-4-8-18(25)9-6-10-19-20-12-16-7-5-11-23(29-15-24(27)28)21(16)13-17(20)14-22(19)26/h5,7,11,17-20,22,25-26H,2-4,6,8-10,12-15H2,1H3,(H,27,28)/t17-,18-,19+,20-,22+/m0/s1. The van der Waals surface area contributed by atoms with E-state index in [1.807, 2.05) is 12.1 Å². The first kappa shape index (κ1) is 22.1. The highest BCUT2D eigenvalue weighted by atomic mass is 16.5. The third kappa shape index (κ3) is 5.73. The first-order chi connectivity index (χ1) is 14.0. The molecule has 0 radical (unpaired) electrons. The molecular weight excluding hydrogens is 368 g/mol. The van der Waals surface area contributed by atoms with Crippen molar-refractivity contribution in [1.29, 1.82) is 0 Å². The van der Waals surface area contributed by atoms with Gasteiger partial charge in [-0.15, -0.1) is 0 Å². The van der Waals surface area contributed by atoms with Crippen LogP contribution in [0.5, 0.6) is 5.75 Å². The normalized spacial score (nSPS) is 26.6. The van der Waals surface area contributed by atoms with E-state index in [4.69, 9.17) is 9.84 Å². The third-order valence-electron chi connectivity index (χ3n) is 6.91. The van der Waals surface area contributed by atoms with E-state index in [0.717, 1.165) is 56.9 Å². The number of ether oxygens (including phenoxy) is 1. The third-order valence-corrected chi connectivity index (χ3v) is 6.91. The first-order valence-electron chi connectivity index (χ1n) is 11.3. The predicted molar refractivity (Wildman–Crippen MR) is 112 cm³/mol. The molecule has 1 aromatic rings. The van der Waals surface area contributed by atoms with Crippen LogP contribution in [0.2, 0.25) is 0 Å². The Balaban J connectivity index is 1.57. The molecule has 2 aliphatic carbocycles. The Morgan fingerprint density at radius 1 is 1.21 bits per heavy atom. The molecule has 0 saturated heterocycles. The highest BCUT2D eigenvalue weighted by Crippen LogP contribution is 2.48. The van der Waals surface area contributed by atoms with Gasteiger partial charge in [0, 0.05) is 0 Å². The average Bonchev–Trinajstić information content (AvgIpc) is 2.99. The minimum atomic E-state index is -0.968. The van der Waals surface area contributed by atoms with Crippen molar-refractivity contribution < 1.29 is 24.9 Å². The molecule has 0 unspecified atom stereocenters. The molecule has 1 saturated carbocycles. The van der Waals surface area contributed by atoms with Gasteiger partial charge >= 0.3 is 5.97 Å². The fourth-order valence-corrected chi connectivity index (χ4v) is 5.44. The number of hydrogen-bond acceptors (Lipinski definition) is 4. The number of fused-ring (bicyclic) bond motifs is 2. The number of rotatable bonds is 11. The summed E-state index contributed by atoms with van der Waals surface area (Å²) in [6, 6.07) is 5.90. The summed E-state index contributed by atoms with van der Waals surface area (Å²) >= 11 is 0. The van der Waals surface area contributed by atoms with E-state index in [9.17, 15) is 15.0 Å². The molecule has 1 fully saturated rings. The van der Waals surface area contributed by atoms with Crippen LogP contribution in [-0.4, -0.2) is 40.1 Å². The lowest BCUT2D eigenvalue weighted by Gasteiger charge is -2.32. The van der Waals surface area contributed by atoms with Crippen LogP contribution >= 0.6 is 0 Å². The van der Waals surface area contributed by atoms with Gasteiger partial charge in [0.1, 0.15) is 5.75 Å². The number of aliphatic hydroxyl groups is 2. The van der Waals surface area contributed by atoms with Crippen molar-refractivity contribution in [3.63, 3.8) is 0 Å². The molecule has 5 atom stereocenters. The van der Waals surface area contributed by atoms with Gasteiger partial charge in [0.25, 0.3) is 0 Å². The van der Waals surface area contributed by atoms with Crippen LogP contribution in [0.15, 0.2) is 18.2 Å². The van der Waals surface area contributed by atoms with E-state index >= 15 is 0 Å². The number of unbranched alkanes of at least 4 members (excludes halogenated alkanes) is 2. The lowest BCUT2D eigenvalue weighted by atomic mass is 9.73. The lowest BCUT2D eigenvalue weighted by Crippen LogP contribution is -2.27. The van der Waals surface area contributed by atoms with E-state index in [1.54, 1.807) is 0 Å². The van der Waals surface area contributed by atoms with Crippen LogP contribution in [0, 0.1) is 17.8 Å². The number of aliphatic carboxylic acids is 1. The predicted octanol–water partition coefficient (Wildman–Crippen LogP) is 3.97. The van der Waals surface area contributed by atoms with Crippen LogP contribution in [-0.2, 0) is 17.6 Å². The van der Waals surface area contributed by atoms with E-state index in [0.29, 0.717) is 23.5 Å². The number of benzene rings is 1. The number of carboxylic acids is 1. The minimum absolute atomic E-state index is 0.211. The highest BCUT2D eigenvalue weighted by Gasteiger charge is 2.44. The van der Waals surface area contributed by atoms with Gasteiger partial charge in [-0.25, -0.2) is 4.79 Å². The molecule has 3 N–H and O–H groups in total. The van der Waals surface area contributed by atoms with Gasteiger partial charge in [0.05, 0.1) is 12.2 Å². The van der Waals surface area contributed by atoms with Crippen molar-refractivity contribution >= 4 is 5.97 Å². The Morgan fingerprint density at radius 3 is 2.76 bits per heavy atom. The summed E-state index contributed by atoms with van der Waals surface area (Å²) in [7, 11) is 0. The van der Waals surface area contributed by atoms with Crippen LogP contribution in [0.3, 0.4) is 0 Å². The van der Waals surface area contributed by atoms with Crippen molar-refractivity contribution in [3.05, 3.63) is 29.3 Å². The molecule has 0 amide bonds. The summed E-state index contributed by atoms with van der Waals surface area (Å²) < 4.78 is 5.51. The molecule has 3 rings (SSSR count). The largest absolute Gasteiger partial charge is 0.482 e. The molecule has 0 aromatic heterocycles. The summed E-state index contributed by atoms with van der Waals surface area (Å²) in [6.07, 6.45) is 9.19. The van der Waals surface area contributed by atoms with E-state index in [2.05, 4.69) is 13.0 Å². The Kier molecular flexibility index (Phi) is 7.96. The van der Waals surface area contributed by atoms with Gasteiger partial charge in [0.2, 0.25) is 0 Å². The zero-order valence-electron chi connectivity index (χ0n) is 17.6.